The average molecular weight is 426 g/mol. The Kier molecular flexibility index (Phi) is 6.74. The molecule has 0 spiro atoms. The molecule has 1 aromatic heterocycles. The number of guanidine groups is 1. The number of aliphatic imine (C=N–C) groups is 1. The van der Waals surface area contributed by atoms with Crippen LogP contribution in [-0.4, -0.2) is 31.1 Å². The zero-order chi connectivity index (χ0) is 15.4. The van der Waals surface area contributed by atoms with Gasteiger partial charge in [0.25, 0.3) is 0 Å². The molecule has 126 valence electrons. The minimum Gasteiger partial charge on any atom is -0.361 e. The zero-order valence-corrected chi connectivity index (χ0v) is 16.3. The fourth-order valence-electron chi connectivity index (χ4n) is 2.91. The number of nitrogens with one attached hydrogen (secondary N) is 3. The van der Waals surface area contributed by atoms with Crippen LogP contribution in [0.1, 0.15) is 30.4 Å². The Balaban J connectivity index is 0.00000192. The molecule has 0 bridgehead atoms. The maximum Gasteiger partial charge on any atom is 0.190 e. The van der Waals surface area contributed by atoms with Crippen molar-refractivity contribution in [3.8, 4) is 0 Å². The van der Waals surface area contributed by atoms with Crippen molar-refractivity contribution in [3.05, 3.63) is 35.5 Å². The van der Waals surface area contributed by atoms with Gasteiger partial charge in [-0.2, -0.15) is 0 Å². The molecule has 0 saturated heterocycles. The van der Waals surface area contributed by atoms with Crippen LogP contribution < -0.4 is 10.6 Å². The molecular formula is C18H27IN4. The van der Waals surface area contributed by atoms with Crippen LogP contribution in [0, 0.1) is 12.8 Å². The first-order valence-corrected chi connectivity index (χ1v) is 8.28. The van der Waals surface area contributed by atoms with E-state index in [9.17, 15) is 0 Å². The van der Waals surface area contributed by atoms with Crippen molar-refractivity contribution in [2.45, 2.75) is 32.6 Å². The standard InChI is InChI=1S/C18H26N4.HI/c1-13-4-3-5-16-15(12-22-17(13)16)9-11-21-18(19-2)20-10-8-14-6-7-14;/h3-5,12,14,22H,6-11H2,1-2H3,(H2,19,20,21);1H. The van der Waals surface area contributed by atoms with Crippen LogP contribution in [0.25, 0.3) is 10.9 Å². The van der Waals surface area contributed by atoms with Crippen LogP contribution >= 0.6 is 24.0 Å². The molecule has 23 heavy (non-hydrogen) atoms. The van der Waals surface area contributed by atoms with Crippen LogP contribution in [0.4, 0.5) is 0 Å². The number of hydrogen-bond donors (Lipinski definition) is 3. The van der Waals surface area contributed by atoms with E-state index in [2.05, 4.69) is 51.9 Å². The highest BCUT2D eigenvalue weighted by Gasteiger charge is 2.20. The summed E-state index contributed by atoms with van der Waals surface area (Å²) >= 11 is 0. The van der Waals surface area contributed by atoms with Crippen molar-refractivity contribution < 1.29 is 0 Å². The van der Waals surface area contributed by atoms with Crippen LogP contribution in [-0.2, 0) is 6.42 Å². The molecule has 0 radical (unpaired) electrons. The Morgan fingerprint density at radius 2 is 2.04 bits per heavy atom. The summed E-state index contributed by atoms with van der Waals surface area (Å²) in [6.45, 7) is 4.06. The Morgan fingerprint density at radius 3 is 2.78 bits per heavy atom. The summed E-state index contributed by atoms with van der Waals surface area (Å²) in [6, 6.07) is 6.46. The monoisotopic (exact) mass is 426 g/mol. The van der Waals surface area contributed by atoms with Gasteiger partial charge in [0.05, 0.1) is 0 Å². The third kappa shape index (κ3) is 4.86. The molecule has 3 N–H and O–H groups in total. The van der Waals surface area contributed by atoms with E-state index < -0.39 is 0 Å². The molecule has 5 heteroatoms. The first-order chi connectivity index (χ1) is 10.8. The number of rotatable bonds is 6. The molecule has 2 aromatic rings. The molecule has 0 amide bonds. The topological polar surface area (TPSA) is 52.2 Å². The van der Waals surface area contributed by atoms with E-state index in [0.717, 1.165) is 31.4 Å². The lowest BCUT2D eigenvalue weighted by molar-refractivity contribution is 0.684. The lowest BCUT2D eigenvalue weighted by atomic mass is 10.1. The summed E-state index contributed by atoms with van der Waals surface area (Å²) < 4.78 is 0. The summed E-state index contributed by atoms with van der Waals surface area (Å²) in [5.41, 5.74) is 3.92. The van der Waals surface area contributed by atoms with Gasteiger partial charge in [0, 0.05) is 37.2 Å². The predicted octanol–water partition coefficient (Wildman–Crippen LogP) is 3.60. The van der Waals surface area contributed by atoms with Crippen molar-refractivity contribution in [1.29, 1.82) is 0 Å². The number of halogens is 1. The lowest BCUT2D eigenvalue weighted by Crippen LogP contribution is -2.38. The van der Waals surface area contributed by atoms with Crippen molar-refractivity contribution in [3.63, 3.8) is 0 Å². The van der Waals surface area contributed by atoms with Crippen molar-refractivity contribution in [2.24, 2.45) is 10.9 Å². The maximum atomic E-state index is 4.29. The molecule has 1 aromatic carbocycles. The number of para-hydroxylation sites is 1. The van der Waals surface area contributed by atoms with E-state index in [4.69, 9.17) is 0 Å². The van der Waals surface area contributed by atoms with Gasteiger partial charge < -0.3 is 15.6 Å². The van der Waals surface area contributed by atoms with Crippen molar-refractivity contribution in [1.82, 2.24) is 15.6 Å². The quantitative estimate of drug-likeness (QED) is 0.376. The van der Waals surface area contributed by atoms with Crippen molar-refractivity contribution in [2.75, 3.05) is 20.1 Å². The molecule has 3 rings (SSSR count). The summed E-state index contributed by atoms with van der Waals surface area (Å²) in [7, 11) is 1.83. The van der Waals surface area contributed by atoms with Gasteiger partial charge in [-0.3, -0.25) is 4.99 Å². The number of aromatic amines is 1. The van der Waals surface area contributed by atoms with Gasteiger partial charge in [0.1, 0.15) is 0 Å². The predicted molar refractivity (Wildman–Crippen MR) is 109 cm³/mol. The van der Waals surface area contributed by atoms with E-state index in [1.165, 1.54) is 41.3 Å². The molecule has 1 aliphatic rings. The zero-order valence-electron chi connectivity index (χ0n) is 14.0. The Bertz CT molecular complexity index is 658. The molecule has 1 heterocycles. The number of hydrogen-bond acceptors (Lipinski definition) is 1. The van der Waals surface area contributed by atoms with Gasteiger partial charge in [-0.15, -0.1) is 24.0 Å². The molecule has 1 saturated carbocycles. The number of nitrogens with zero attached hydrogens (tertiary/aromatic N) is 1. The molecule has 1 fully saturated rings. The highest BCUT2D eigenvalue weighted by Crippen LogP contribution is 2.31. The second-order valence-electron chi connectivity index (χ2n) is 6.22. The molecule has 4 nitrogen and oxygen atoms in total. The maximum absolute atomic E-state index is 4.29. The van der Waals surface area contributed by atoms with Crippen molar-refractivity contribution >= 4 is 40.8 Å². The fourth-order valence-corrected chi connectivity index (χ4v) is 2.91. The number of aryl methyl sites for hydroxylation is 1. The fraction of sp³-hybridized carbons (Fsp3) is 0.500. The SMILES string of the molecule is CN=C(NCCc1c[nH]c2c(C)cccc12)NCCC1CC1.I. The van der Waals surface area contributed by atoms with E-state index in [0.29, 0.717) is 0 Å². The normalized spacial score (nSPS) is 14.6. The first kappa shape index (κ1) is 18.1. The average Bonchev–Trinajstić information content (AvgIpc) is 3.25. The van der Waals surface area contributed by atoms with Gasteiger partial charge in [0.2, 0.25) is 0 Å². The van der Waals surface area contributed by atoms with E-state index >= 15 is 0 Å². The van der Waals surface area contributed by atoms with Gasteiger partial charge in [-0.05, 0) is 36.8 Å². The summed E-state index contributed by atoms with van der Waals surface area (Å²) in [4.78, 5) is 7.68. The molecular weight excluding hydrogens is 399 g/mol. The third-order valence-corrected chi connectivity index (χ3v) is 4.46. The highest BCUT2D eigenvalue weighted by molar-refractivity contribution is 14.0. The van der Waals surface area contributed by atoms with E-state index in [-0.39, 0.29) is 24.0 Å². The smallest absolute Gasteiger partial charge is 0.190 e. The second kappa shape index (κ2) is 8.57. The van der Waals surface area contributed by atoms with Gasteiger partial charge in [-0.1, -0.05) is 31.0 Å². The number of aromatic nitrogens is 1. The largest absolute Gasteiger partial charge is 0.361 e. The molecule has 0 aliphatic heterocycles. The number of H-pyrrole nitrogens is 1. The van der Waals surface area contributed by atoms with E-state index in [1.807, 2.05) is 7.05 Å². The van der Waals surface area contributed by atoms with Crippen LogP contribution in [0.3, 0.4) is 0 Å². The Hall–Kier alpha value is -1.24. The summed E-state index contributed by atoms with van der Waals surface area (Å²) in [6.07, 6.45) is 7.21. The Labute approximate surface area is 155 Å². The van der Waals surface area contributed by atoms with Crippen LogP contribution in [0.5, 0.6) is 0 Å². The highest BCUT2D eigenvalue weighted by atomic mass is 127. The van der Waals surface area contributed by atoms with Crippen LogP contribution in [0.15, 0.2) is 29.4 Å². The van der Waals surface area contributed by atoms with Gasteiger partial charge in [0.15, 0.2) is 5.96 Å². The number of fused-ring (bicyclic) bond motifs is 1. The minimum absolute atomic E-state index is 0. The molecule has 1 aliphatic carbocycles. The third-order valence-electron chi connectivity index (χ3n) is 4.46. The number of benzene rings is 1. The lowest BCUT2D eigenvalue weighted by Gasteiger charge is -2.11. The summed E-state index contributed by atoms with van der Waals surface area (Å²) in [5, 5.41) is 8.14. The second-order valence-corrected chi connectivity index (χ2v) is 6.22. The molecule has 0 atom stereocenters. The first-order valence-electron chi connectivity index (χ1n) is 8.28. The van der Waals surface area contributed by atoms with Gasteiger partial charge >= 0.3 is 0 Å². The summed E-state index contributed by atoms with van der Waals surface area (Å²) in [5.74, 6) is 1.87. The Morgan fingerprint density at radius 1 is 1.26 bits per heavy atom. The molecule has 0 unspecified atom stereocenters. The van der Waals surface area contributed by atoms with Crippen LogP contribution in [0.2, 0.25) is 0 Å². The van der Waals surface area contributed by atoms with E-state index in [1.54, 1.807) is 0 Å². The van der Waals surface area contributed by atoms with Gasteiger partial charge in [-0.25, -0.2) is 0 Å². The minimum atomic E-state index is 0.